The van der Waals surface area contributed by atoms with E-state index in [2.05, 4.69) is 26.1 Å². The highest BCUT2D eigenvalue weighted by atomic mass is 35.5. The van der Waals surface area contributed by atoms with E-state index in [0.717, 1.165) is 28.7 Å². The Balaban J connectivity index is 0.00000180. The minimum atomic E-state index is 0. The Labute approximate surface area is 125 Å². The van der Waals surface area contributed by atoms with Crippen molar-refractivity contribution in [2.24, 2.45) is 0 Å². The van der Waals surface area contributed by atoms with Crippen molar-refractivity contribution in [1.29, 1.82) is 0 Å². The van der Waals surface area contributed by atoms with Crippen LogP contribution in [-0.2, 0) is 6.54 Å². The molecule has 0 saturated heterocycles. The van der Waals surface area contributed by atoms with Crippen LogP contribution in [0.1, 0.15) is 26.5 Å². The molecule has 2 rings (SSSR count). The summed E-state index contributed by atoms with van der Waals surface area (Å²) in [6.07, 6.45) is 0. The molecule has 0 bridgehead atoms. The molecule has 1 N–H and O–H groups in total. The van der Waals surface area contributed by atoms with Gasteiger partial charge in [-0.25, -0.2) is 0 Å². The molecular formula is C15H19Cl2NO. The molecule has 0 atom stereocenters. The lowest BCUT2D eigenvalue weighted by atomic mass is 10.1. The van der Waals surface area contributed by atoms with Crippen molar-refractivity contribution in [1.82, 2.24) is 5.32 Å². The lowest BCUT2D eigenvalue weighted by molar-refractivity contribution is 0.391. The number of furan rings is 1. The quantitative estimate of drug-likeness (QED) is 0.871. The summed E-state index contributed by atoms with van der Waals surface area (Å²) in [5.41, 5.74) is 1.13. The predicted molar refractivity (Wildman–Crippen MR) is 83.0 cm³/mol. The maximum absolute atomic E-state index is 5.86. The molecule has 19 heavy (non-hydrogen) atoms. The van der Waals surface area contributed by atoms with Crippen molar-refractivity contribution in [2.45, 2.75) is 32.9 Å². The summed E-state index contributed by atoms with van der Waals surface area (Å²) in [7, 11) is 0. The molecule has 0 amide bonds. The van der Waals surface area contributed by atoms with Crippen molar-refractivity contribution >= 4 is 24.0 Å². The van der Waals surface area contributed by atoms with E-state index in [1.165, 1.54) is 0 Å². The van der Waals surface area contributed by atoms with E-state index in [0.29, 0.717) is 0 Å². The molecule has 0 aliphatic carbocycles. The molecule has 104 valence electrons. The smallest absolute Gasteiger partial charge is 0.134 e. The topological polar surface area (TPSA) is 25.2 Å². The first kappa shape index (κ1) is 16.1. The molecule has 2 aromatic rings. The average Bonchev–Trinajstić information content (AvgIpc) is 2.75. The Kier molecular flexibility index (Phi) is 5.48. The first-order valence-electron chi connectivity index (χ1n) is 6.04. The second kappa shape index (κ2) is 6.47. The van der Waals surface area contributed by atoms with E-state index in [-0.39, 0.29) is 17.9 Å². The normalized spacial score (nSPS) is 11.2. The van der Waals surface area contributed by atoms with Gasteiger partial charge in [-0.05, 0) is 57.2 Å². The van der Waals surface area contributed by atoms with E-state index >= 15 is 0 Å². The van der Waals surface area contributed by atoms with Gasteiger partial charge in [-0.1, -0.05) is 11.6 Å². The highest BCUT2D eigenvalue weighted by molar-refractivity contribution is 6.30. The van der Waals surface area contributed by atoms with Gasteiger partial charge in [-0.3, -0.25) is 0 Å². The maximum atomic E-state index is 5.86. The third kappa shape index (κ3) is 4.90. The molecule has 0 radical (unpaired) electrons. The van der Waals surface area contributed by atoms with E-state index in [1.54, 1.807) is 0 Å². The summed E-state index contributed by atoms with van der Waals surface area (Å²) >= 11 is 5.86. The van der Waals surface area contributed by atoms with Crippen molar-refractivity contribution < 1.29 is 4.42 Å². The van der Waals surface area contributed by atoms with E-state index in [1.807, 2.05) is 36.4 Å². The number of rotatable bonds is 3. The van der Waals surface area contributed by atoms with Crippen LogP contribution >= 0.6 is 24.0 Å². The van der Waals surface area contributed by atoms with E-state index < -0.39 is 0 Å². The van der Waals surface area contributed by atoms with Crippen LogP contribution in [-0.4, -0.2) is 5.54 Å². The van der Waals surface area contributed by atoms with E-state index in [4.69, 9.17) is 16.0 Å². The second-order valence-electron chi connectivity index (χ2n) is 5.38. The number of nitrogens with one attached hydrogen (secondary N) is 1. The number of hydrogen-bond donors (Lipinski definition) is 1. The van der Waals surface area contributed by atoms with Gasteiger partial charge >= 0.3 is 0 Å². The molecule has 2 nitrogen and oxygen atoms in total. The number of benzene rings is 1. The number of hydrogen-bond acceptors (Lipinski definition) is 2. The predicted octanol–water partition coefficient (Wildman–Crippen LogP) is 4.91. The Morgan fingerprint density at radius 2 is 1.68 bits per heavy atom. The van der Waals surface area contributed by atoms with Gasteiger partial charge in [0, 0.05) is 16.1 Å². The fourth-order valence-electron chi connectivity index (χ4n) is 1.59. The lowest BCUT2D eigenvalue weighted by Gasteiger charge is -2.19. The monoisotopic (exact) mass is 299 g/mol. The molecule has 0 spiro atoms. The summed E-state index contributed by atoms with van der Waals surface area (Å²) in [6, 6.07) is 11.6. The number of halogens is 2. The summed E-state index contributed by atoms with van der Waals surface area (Å²) in [4.78, 5) is 0. The Morgan fingerprint density at radius 3 is 2.26 bits per heavy atom. The first-order valence-corrected chi connectivity index (χ1v) is 6.41. The van der Waals surface area contributed by atoms with Crippen LogP contribution in [0.15, 0.2) is 40.8 Å². The first-order chi connectivity index (χ1) is 8.44. The molecule has 0 unspecified atom stereocenters. The molecule has 0 saturated carbocycles. The minimum absolute atomic E-state index is 0. The van der Waals surface area contributed by atoms with Crippen LogP contribution in [0.3, 0.4) is 0 Å². The molecule has 1 aromatic carbocycles. The minimum Gasteiger partial charge on any atom is -0.460 e. The summed E-state index contributed by atoms with van der Waals surface area (Å²) in [5.74, 6) is 1.81. The Hall–Kier alpha value is -0.960. The standard InChI is InChI=1S/C15H18ClNO.ClH/c1-15(2,3)17-10-13-8-9-14(18-13)11-4-6-12(16)7-5-11;/h4-9,17H,10H2,1-3H3;1H. The van der Waals surface area contributed by atoms with Crippen LogP contribution < -0.4 is 5.32 Å². The average molecular weight is 300 g/mol. The second-order valence-corrected chi connectivity index (χ2v) is 5.81. The van der Waals surface area contributed by atoms with Gasteiger partial charge in [-0.15, -0.1) is 12.4 Å². The highest BCUT2D eigenvalue weighted by Crippen LogP contribution is 2.23. The third-order valence-corrected chi connectivity index (χ3v) is 2.84. The SMILES string of the molecule is CC(C)(C)NCc1ccc(-c2ccc(Cl)cc2)o1.Cl. The third-order valence-electron chi connectivity index (χ3n) is 2.58. The largest absolute Gasteiger partial charge is 0.460 e. The zero-order valence-corrected chi connectivity index (χ0v) is 12.9. The van der Waals surface area contributed by atoms with Gasteiger partial charge in [-0.2, -0.15) is 0 Å². The molecule has 0 aliphatic rings. The van der Waals surface area contributed by atoms with Crippen LogP contribution in [0, 0.1) is 0 Å². The molecule has 4 heteroatoms. The molecule has 0 aliphatic heterocycles. The molecule has 1 aromatic heterocycles. The highest BCUT2D eigenvalue weighted by Gasteiger charge is 2.10. The van der Waals surface area contributed by atoms with Crippen molar-refractivity contribution in [3.8, 4) is 11.3 Å². The fourth-order valence-corrected chi connectivity index (χ4v) is 1.72. The van der Waals surface area contributed by atoms with Crippen LogP contribution in [0.2, 0.25) is 5.02 Å². The van der Waals surface area contributed by atoms with Crippen molar-refractivity contribution in [3.05, 3.63) is 47.2 Å². The maximum Gasteiger partial charge on any atom is 0.134 e. The zero-order chi connectivity index (χ0) is 13.2. The molecule has 1 heterocycles. The summed E-state index contributed by atoms with van der Waals surface area (Å²) in [6.45, 7) is 7.14. The van der Waals surface area contributed by atoms with Crippen LogP contribution in [0.25, 0.3) is 11.3 Å². The molecular weight excluding hydrogens is 281 g/mol. The van der Waals surface area contributed by atoms with Gasteiger partial charge < -0.3 is 9.73 Å². The Bertz CT molecular complexity index is 512. The van der Waals surface area contributed by atoms with Gasteiger partial charge in [0.05, 0.1) is 6.54 Å². The van der Waals surface area contributed by atoms with Gasteiger partial charge in [0.15, 0.2) is 0 Å². The van der Waals surface area contributed by atoms with Gasteiger partial charge in [0.25, 0.3) is 0 Å². The van der Waals surface area contributed by atoms with Gasteiger partial charge in [0.2, 0.25) is 0 Å². The zero-order valence-electron chi connectivity index (χ0n) is 11.4. The fraction of sp³-hybridized carbons (Fsp3) is 0.333. The summed E-state index contributed by atoms with van der Waals surface area (Å²) in [5, 5.41) is 4.13. The van der Waals surface area contributed by atoms with E-state index in [9.17, 15) is 0 Å². The van der Waals surface area contributed by atoms with Gasteiger partial charge in [0.1, 0.15) is 11.5 Å². The van der Waals surface area contributed by atoms with Crippen LogP contribution in [0.4, 0.5) is 0 Å². The molecule has 0 fully saturated rings. The van der Waals surface area contributed by atoms with Crippen molar-refractivity contribution in [3.63, 3.8) is 0 Å². The van der Waals surface area contributed by atoms with Crippen molar-refractivity contribution in [2.75, 3.05) is 0 Å². The summed E-state index contributed by atoms with van der Waals surface area (Å²) < 4.78 is 5.80. The van der Waals surface area contributed by atoms with Crippen LogP contribution in [0.5, 0.6) is 0 Å². The Morgan fingerprint density at radius 1 is 1.05 bits per heavy atom. The lowest BCUT2D eigenvalue weighted by Crippen LogP contribution is -2.34.